The Morgan fingerprint density at radius 1 is 1.09 bits per heavy atom. The molecular weight excluding hydrogens is 284 g/mol. The predicted molar refractivity (Wildman–Crippen MR) is 92.4 cm³/mol. The zero-order valence-electron chi connectivity index (χ0n) is 13.4. The Hall–Kier alpha value is -2.17. The number of likely N-dealkylation sites (tertiary alicyclic amines) is 1. The van der Waals surface area contributed by atoms with Crippen molar-refractivity contribution in [1.82, 2.24) is 14.3 Å². The van der Waals surface area contributed by atoms with Gasteiger partial charge in [-0.05, 0) is 24.6 Å². The molecule has 118 valence electrons. The summed E-state index contributed by atoms with van der Waals surface area (Å²) in [6.07, 6.45) is 1.99. The molecular formula is C19H22N4. The van der Waals surface area contributed by atoms with E-state index in [-0.39, 0.29) is 6.04 Å². The monoisotopic (exact) mass is 306 g/mol. The van der Waals surface area contributed by atoms with Crippen molar-refractivity contribution in [1.29, 1.82) is 0 Å². The lowest BCUT2D eigenvalue weighted by molar-refractivity contribution is 0.318. The number of nitrogens with zero attached hydrogens (tertiary/aromatic N) is 3. The molecule has 3 heterocycles. The fourth-order valence-electron chi connectivity index (χ4n) is 3.71. The fourth-order valence-corrected chi connectivity index (χ4v) is 3.71. The molecule has 1 fully saturated rings. The lowest BCUT2D eigenvalue weighted by Gasteiger charge is -2.16. The molecule has 0 unspecified atom stereocenters. The molecule has 2 N–H and O–H groups in total. The first-order valence-electron chi connectivity index (χ1n) is 8.17. The second kappa shape index (κ2) is 5.80. The van der Waals surface area contributed by atoms with Gasteiger partial charge in [0.2, 0.25) is 0 Å². The molecule has 4 heteroatoms. The Balaban J connectivity index is 1.56. The largest absolute Gasteiger partial charge is 0.326 e. The summed E-state index contributed by atoms with van der Waals surface area (Å²) >= 11 is 0. The average molecular weight is 306 g/mol. The van der Waals surface area contributed by atoms with Crippen LogP contribution in [0, 0.1) is 6.92 Å². The fraction of sp³-hybridized carbons (Fsp3) is 0.316. The quantitative estimate of drug-likeness (QED) is 0.809. The van der Waals surface area contributed by atoms with Crippen LogP contribution in [0.15, 0.2) is 54.7 Å². The second-order valence-electron chi connectivity index (χ2n) is 6.49. The van der Waals surface area contributed by atoms with Gasteiger partial charge in [0.15, 0.2) is 0 Å². The number of nitrogens with two attached hydrogens (primary N) is 1. The Morgan fingerprint density at radius 2 is 1.91 bits per heavy atom. The van der Waals surface area contributed by atoms with E-state index in [2.05, 4.69) is 69.7 Å². The van der Waals surface area contributed by atoms with Gasteiger partial charge < -0.3 is 10.1 Å². The van der Waals surface area contributed by atoms with Crippen LogP contribution < -0.4 is 5.73 Å². The maximum Gasteiger partial charge on any atom is 0.137 e. The minimum Gasteiger partial charge on any atom is -0.326 e. The molecule has 1 saturated heterocycles. The third kappa shape index (κ3) is 2.64. The average Bonchev–Trinajstić information content (AvgIpc) is 3.13. The van der Waals surface area contributed by atoms with E-state index in [0.29, 0.717) is 5.92 Å². The van der Waals surface area contributed by atoms with Crippen LogP contribution in [0.3, 0.4) is 0 Å². The molecule has 0 spiro atoms. The summed E-state index contributed by atoms with van der Waals surface area (Å²) in [7, 11) is 0. The number of aromatic nitrogens is 2. The zero-order valence-corrected chi connectivity index (χ0v) is 13.4. The molecule has 0 radical (unpaired) electrons. The highest BCUT2D eigenvalue weighted by Crippen LogP contribution is 2.27. The van der Waals surface area contributed by atoms with E-state index in [1.807, 2.05) is 6.20 Å². The van der Waals surface area contributed by atoms with E-state index in [4.69, 9.17) is 5.73 Å². The Kier molecular flexibility index (Phi) is 3.63. The van der Waals surface area contributed by atoms with Crippen LogP contribution in [0.5, 0.6) is 0 Å². The number of imidazole rings is 1. The van der Waals surface area contributed by atoms with Crippen LogP contribution in [0.4, 0.5) is 0 Å². The summed E-state index contributed by atoms with van der Waals surface area (Å²) in [4.78, 5) is 6.97. The third-order valence-corrected chi connectivity index (χ3v) is 4.85. The number of fused-ring (bicyclic) bond motifs is 1. The molecule has 1 aromatic carbocycles. The summed E-state index contributed by atoms with van der Waals surface area (Å²) in [5, 5.41) is 0. The van der Waals surface area contributed by atoms with E-state index < -0.39 is 0 Å². The third-order valence-electron chi connectivity index (χ3n) is 4.85. The topological polar surface area (TPSA) is 46.6 Å². The number of hydrogen-bond acceptors (Lipinski definition) is 3. The SMILES string of the molecule is Cc1cccc2ncc(CN3C[C@@H](N)[C@H](c4ccccc4)C3)n12. The van der Waals surface area contributed by atoms with Crippen LogP contribution in [0.25, 0.3) is 5.65 Å². The molecule has 0 aliphatic carbocycles. The van der Waals surface area contributed by atoms with E-state index >= 15 is 0 Å². The summed E-state index contributed by atoms with van der Waals surface area (Å²) in [6, 6.07) is 17.1. The highest BCUT2D eigenvalue weighted by molar-refractivity contribution is 5.42. The molecule has 0 amide bonds. The predicted octanol–water partition coefficient (Wildman–Crippen LogP) is 2.57. The van der Waals surface area contributed by atoms with E-state index in [1.165, 1.54) is 17.0 Å². The number of benzene rings is 1. The first-order chi connectivity index (χ1) is 11.2. The molecule has 3 aromatic rings. The maximum atomic E-state index is 6.41. The molecule has 4 nitrogen and oxygen atoms in total. The van der Waals surface area contributed by atoms with E-state index in [0.717, 1.165) is 25.3 Å². The van der Waals surface area contributed by atoms with Crippen molar-refractivity contribution in [2.45, 2.75) is 25.4 Å². The second-order valence-corrected chi connectivity index (χ2v) is 6.49. The van der Waals surface area contributed by atoms with Crippen molar-refractivity contribution in [2.75, 3.05) is 13.1 Å². The summed E-state index contributed by atoms with van der Waals surface area (Å²) in [5.74, 6) is 0.413. The van der Waals surface area contributed by atoms with Gasteiger partial charge in [-0.2, -0.15) is 0 Å². The van der Waals surface area contributed by atoms with Crippen molar-refractivity contribution in [3.05, 3.63) is 71.7 Å². The molecule has 1 aliphatic heterocycles. The molecule has 23 heavy (non-hydrogen) atoms. The summed E-state index contributed by atoms with van der Waals surface area (Å²) in [6.45, 7) is 4.95. The standard InChI is InChI=1S/C19H22N4/c1-14-6-5-9-19-21-10-16(23(14)19)11-22-12-17(18(20)13-22)15-7-3-2-4-8-15/h2-10,17-18H,11-13,20H2,1H3/t17-,18+/m0/s1. The lowest BCUT2D eigenvalue weighted by atomic mass is 9.95. The van der Waals surface area contributed by atoms with Crippen LogP contribution in [-0.2, 0) is 6.54 Å². The molecule has 0 bridgehead atoms. The van der Waals surface area contributed by atoms with Crippen molar-refractivity contribution in [3.63, 3.8) is 0 Å². The van der Waals surface area contributed by atoms with Gasteiger partial charge in [-0.25, -0.2) is 4.98 Å². The Labute approximate surface area is 136 Å². The Bertz CT molecular complexity index is 809. The van der Waals surface area contributed by atoms with Crippen LogP contribution in [0.2, 0.25) is 0 Å². The van der Waals surface area contributed by atoms with Gasteiger partial charge in [0, 0.05) is 37.3 Å². The zero-order chi connectivity index (χ0) is 15.8. The van der Waals surface area contributed by atoms with Gasteiger partial charge in [-0.3, -0.25) is 4.90 Å². The molecule has 4 rings (SSSR count). The van der Waals surface area contributed by atoms with Gasteiger partial charge in [0.05, 0.1) is 11.9 Å². The van der Waals surface area contributed by atoms with Gasteiger partial charge in [0.1, 0.15) is 5.65 Å². The highest BCUT2D eigenvalue weighted by atomic mass is 15.2. The summed E-state index contributed by atoms with van der Waals surface area (Å²) < 4.78 is 2.24. The normalized spacial score (nSPS) is 22.0. The number of aryl methyl sites for hydroxylation is 1. The van der Waals surface area contributed by atoms with Crippen LogP contribution in [0.1, 0.15) is 22.9 Å². The molecule has 0 saturated carbocycles. The van der Waals surface area contributed by atoms with Crippen molar-refractivity contribution < 1.29 is 0 Å². The number of hydrogen-bond donors (Lipinski definition) is 1. The highest BCUT2D eigenvalue weighted by Gasteiger charge is 2.31. The van der Waals surface area contributed by atoms with E-state index in [9.17, 15) is 0 Å². The number of rotatable bonds is 3. The minimum absolute atomic E-state index is 0.192. The molecule has 2 atom stereocenters. The van der Waals surface area contributed by atoms with E-state index in [1.54, 1.807) is 0 Å². The van der Waals surface area contributed by atoms with Crippen molar-refractivity contribution in [2.24, 2.45) is 5.73 Å². The molecule has 1 aliphatic rings. The van der Waals surface area contributed by atoms with Crippen molar-refractivity contribution in [3.8, 4) is 0 Å². The van der Waals surface area contributed by atoms with Gasteiger partial charge in [-0.1, -0.05) is 36.4 Å². The molecule has 2 aromatic heterocycles. The first-order valence-corrected chi connectivity index (χ1v) is 8.17. The maximum absolute atomic E-state index is 6.41. The Morgan fingerprint density at radius 3 is 2.74 bits per heavy atom. The first kappa shape index (κ1) is 14.4. The number of pyridine rings is 1. The van der Waals surface area contributed by atoms with Gasteiger partial charge in [0.25, 0.3) is 0 Å². The minimum atomic E-state index is 0.192. The van der Waals surface area contributed by atoms with Gasteiger partial charge in [-0.15, -0.1) is 0 Å². The lowest BCUT2D eigenvalue weighted by Crippen LogP contribution is -2.28. The van der Waals surface area contributed by atoms with Crippen LogP contribution in [-0.4, -0.2) is 33.4 Å². The van der Waals surface area contributed by atoms with Gasteiger partial charge >= 0.3 is 0 Å². The van der Waals surface area contributed by atoms with Crippen LogP contribution >= 0.6 is 0 Å². The summed E-state index contributed by atoms with van der Waals surface area (Å²) in [5.41, 5.74) is 11.2. The smallest absolute Gasteiger partial charge is 0.137 e. The van der Waals surface area contributed by atoms with Crippen molar-refractivity contribution >= 4 is 5.65 Å².